The van der Waals surface area contributed by atoms with Gasteiger partial charge in [0, 0.05) is 23.2 Å². The fourth-order valence-electron chi connectivity index (χ4n) is 2.87. The van der Waals surface area contributed by atoms with Crippen LogP contribution in [0.15, 0.2) is 35.1 Å². The molecule has 0 radical (unpaired) electrons. The third-order valence-corrected chi connectivity index (χ3v) is 4.24. The van der Waals surface area contributed by atoms with E-state index in [1.54, 1.807) is 6.26 Å². The molecular formula is C17H16N6O. The maximum atomic E-state index is 5.52. The standard InChI is InChI=1S/C17H16N6O/c1-9-6-11(7-14-12(9)8-18-23-14)20-17-21-13-4-5-24-15(13)16(22-17)19-10-2-3-10/h4-8,10H,2-3H2,1H3,(H,18,23)(H2,19,20,21,22). The van der Waals surface area contributed by atoms with E-state index in [9.17, 15) is 0 Å². The largest absolute Gasteiger partial charge is 0.459 e. The third kappa shape index (κ3) is 2.25. The van der Waals surface area contributed by atoms with Gasteiger partial charge in [-0.15, -0.1) is 0 Å². The van der Waals surface area contributed by atoms with Gasteiger partial charge in [-0.1, -0.05) is 0 Å². The molecular weight excluding hydrogens is 304 g/mol. The predicted octanol–water partition coefficient (Wildman–Crippen LogP) is 3.73. The highest BCUT2D eigenvalue weighted by Crippen LogP contribution is 2.30. The van der Waals surface area contributed by atoms with Crippen LogP contribution >= 0.6 is 0 Å². The molecule has 0 saturated heterocycles. The summed E-state index contributed by atoms with van der Waals surface area (Å²) in [6.45, 7) is 2.06. The highest BCUT2D eigenvalue weighted by Gasteiger charge is 2.23. The van der Waals surface area contributed by atoms with E-state index in [4.69, 9.17) is 4.42 Å². The Morgan fingerprint density at radius 2 is 2.17 bits per heavy atom. The summed E-state index contributed by atoms with van der Waals surface area (Å²) in [5.41, 5.74) is 4.54. The minimum atomic E-state index is 0.490. The molecule has 0 bridgehead atoms. The Hall–Kier alpha value is -3.09. The number of aromatic nitrogens is 4. The number of hydrogen-bond donors (Lipinski definition) is 3. The Morgan fingerprint density at radius 1 is 1.25 bits per heavy atom. The zero-order chi connectivity index (χ0) is 16.1. The molecule has 0 amide bonds. The molecule has 1 fully saturated rings. The van der Waals surface area contributed by atoms with Crippen LogP contribution in [0.2, 0.25) is 0 Å². The number of aromatic amines is 1. The van der Waals surface area contributed by atoms with Crippen LogP contribution in [0, 0.1) is 6.92 Å². The van der Waals surface area contributed by atoms with Gasteiger partial charge in [-0.2, -0.15) is 10.1 Å². The Morgan fingerprint density at radius 3 is 3.04 bits per heavy atom. The van der Waals surface area contributed by atoms with E-state index < -0.39 is 0 Å². The quantitative estimate of drug-likeness (QED) is 0.531. The topological polar surface area (TPSA) is 91.7 Å². The molecule has 24 heavy (non-hydrogen) atoms. The average Bonchev–Trinajstić information content (AvgIpc) is 3.05. The zero-order valence-electron chi connectivity index (χ0n) is 13.1. The van der Waals surface area contributed by atoms with E-state index in [0.717, 1.165) is 33.5 Å². The van der Waals surface area contributed by atoms with Crippen LogP contribution in [-0.4, -0.2) is 26.2 Å². The summed E-state index contributed by atoms with van der Waals surface area (Å²) in [4.78, 5) is 9.13. The number of hydrogen-bond acceptors (Lipinski definition) is 6. The van der Waals surface area contributed by atoms with Crippen molar-refractivity contribution < 1.29 is 4.42 Å². The summed E-state index contributed by atoms with van der Waals surface area (Å²) < 4.78 is 5.52. The molecule has 1 aromatic carbocycles. The SMILES string of the molecule is Cc1cc(Nc2nc(NC3CC3)c3occc3n2)cc2[nH]ncc12. The van der Waals surface area contributed by atoms with Gasteiger partial charge in [-0.05, 0) is 37.5 Å². The molecule has 1 aliphatic carbocycles. The number of furan rings is 1. The fourth-order valence-corrected chi connectivity index (χ4v) is 2.87. The molecule has 7 nitrogen and oxygen atoms in total. The van der Waals surface area contributed by atoms with Crippen LogP contribution in [0.25, 0.3) is 22.0 Å². The molecule has 1 aliphatic rings. The van der Waals surface area contributed by atoms with Gasteiger partial charge in [-0.25, -0.2) is 4.98 Å². The number of benzene rings is 1. The van der Waals surface area contributed by atoms with Crippen molar-refractivity contribution in [1.82, 2.24) is 20.2 Å². The predicted molar refractivity (Wildman–Crippen MR) is 92.6 cm³/mol. The molecule has 0 unspecified atom stereocenters. The summed E-state index contributed by atoms with van der Waals surface area (Å²) in [7, 11) is 0. The van der Waals surface area contributed by atoms with Gasteiger partial charge < -0.3 is 15.1 Å². The summed E-state index contributed by atoms with van der Waals surface area (Å²) in [5, 5.41) is 14.9. The molecule has 3 N–H and O–H groups in total. The second-order valence-electron chi connectivity index (χ2n) is 6.20. The number of nitrogens with zero attached hydrogens (tertiary/aromatic N) is 3. The van der Waals surface area contributed by atoms with Gasteiger partial charge in [0.25, 0.3) is 0 Å². The van der Waals surface area contributed by atoms with Crippen molar-refractivity contribution in [2.24, 2.45) is 0 Å². The lowest BCUT2D eigenvalue weighted by Gasteiger charge is -2.09. The second-order valence-corrected chi connectivity index (χ2v) is 6.20. The van der Waals surface area contributed by atoms with Crippen molar-refractivity contribution in [2.75, 3.05) is 10.6 Å². The Balaban J connectivity index is 1.55. The maximum Gasteiger partial charge on any atom is 0.229 e. The molecule has 5 rings (SSSR count). The average molecular weight is 320 g/mol. The van der Waals surface area contributed by atoms with Crippen LogP contribution < -0.4 is 10.6 Å². The minimum Gasteiger partial charge on any atom is -0.459 e. The number of fused-ring (bicyclic) bond motifs is 2. The second kappa shape index (κ2) is 4.95. The number of nitrogens with one attached hydrogen (secondary N) is 3. The van der Waals surface area contributed by atoms with Crippen molar-refractivity contribution in [3.05, 3.63) is 36.2 Å². The van der Waals surface area contributed by atoms with Crippen molar-refractivity contribution >= 4 is 39.5 Å². The Kier molecular flexibility index (Phi) is 2.76. The smallest absolute Gasteiger partial charge is 0.229 e. The van der Waals surface area contributed by atoms with E-state index in [-0.39, 0.29) is 0 Å². The first-order valence-corrected chi connectivity index (χ1v) is 7.99. The fraction of sp³-hybridized carbons (Fsp3) is 0.235. The monoisotopic (exact) mass is 320 g/mol. The summed E-state index contributed by atoms with van der Waals surface area (Å²) >= 11 is 0. The van der Waals surface area contributed by atoms with E-state index >= 15 is 0 Å². The van der Waals surface area contributed by atoms with E-state index in [1.165, 1.54) is 12.8 Å². The normalized spacial score (nSPS) is 14.4. The van der Waals surface area contributed by atoms with Crippen LogP contribution in [0.4, 0.5) is 17.5 Å². The van der Waals surface area contributed by atoms with Gasteiger partial charge in [0.2, 0.25) is 5.95 Å². The summed E-state index contributed by atoms with van der Waals surface area (Å²) in [6.07, 6.45) is 5.82. The minimum absolute atomic E-state index is 0.490. The van der Waals surface area contributed by atoms with Crippen molar-refractivity contribution in [1.29, 1.82) is 0 Å². The zero-order valence-corrected chi connectivity index (χ0v) is 13.1. The molecule has 7 heteroatoms. The molecule has 0 aliphatic heterocycles. The third-order valence-electron chi connectivity index (χ3n) is 4.24. The summed E-state index contributed by atoms with van der Waals surface area (Å²) in [6, 6.07) is 6.41. The molecule has 0 atom stereocenters. The highest BCUT2D eigenvalue weighted by atomic mass is 16.3. The number of anilines is 3. The Bertz CT molecular complexity index is 1050. The summed E-state index contributed by atoms with van der Waals surface area (Å²) in [5.74, 6) is 1.29. The van der Waals surface area contributed by atoms with Crippen molar-refractivity contribution in [3.63, 3.8) is 0 Å². The highest BCUT2D eigenvalue weighted by molar-refractivity contribution is 5.87. The number of H-pyrrole nitrogens is 1. The van der Waals surface area contributed by atoms with E-state index in [1.807, 2.05) is 18.3 Å². The van der Waals surface area contributed by atoms with Crippen LogP contribution in [-0.2, 0) is 0 Å². The van der Waals surface area contributed by atoms with Gasteiger partial charge >= 0.3 is 0 Å². The number of aryl methyl sites for hydroxylation is 1. The molecule has 1 saturated carbocycles. The first kappa shape index (κ1) is 13.4. The van der Waals surface area contributed by atoms with Crippen LogP contribution in [0.1, 0.15) is 18.4 Å². The van der Waals surface area contributed by atoms with Crippen LogP contribution in [0.3, 0.4) is 0 Å². The van der Waals surface area contributed by atoms with Gasteiger partial charge in [-0.3, -0.25) is 5.10 Å². The van der Waals surface area contributed by atoms with E-state index in [0.29, 0.717) is 17.6 Å². The maximum absolute atomic E-state index is 5.52. The van der Waals surface area contributed by atoms with Crippen LogP contribution in [0.5, 0.6) is 0 Å². The van der Waals surface area contributed by atoms with Gasteiger partial charge in [0.15, 0.2) is 11.4 Å². The molecule has 3 aromatic heterocycles. The molecule has 3 heterocycles. The first-order chi connectivity index (χ1) is 11.8. The van der Waals surface area contributed by atoms with Crippen molar-refractivity contribution in [2.45, 2.75) is 25.8 Å². The number of rotatable bonds is 4. The first-order valence-electron chi connectivity index (χ1n) is 7.99. The molecule has 0 spiro atoms. The molecule has 120 valence electrons. The lowest BCUT2D eigenvalue weighted by Crippen LogP contribution is -2.06. The van der Waals surface area contributed by atoms with Gasteiger partial charge in [0.05, 0.1) is 18.0 Å². The molecule has 4 aromatic rings. The lowest BCUT2D eigenvalue weighted by molar-refractivity contribution is 0.614. The van der Waals surface area contributed by atoms with E-state index in [2.05, 4.69) is 43.8 Å². The lowest BCUT2D eigenvalue weighted by atomic mass is 10.1. The van der Waals surface area contributed by atoms with Crippen molar-refractivity contribution in [3.8, 4) is 0 Å². The Labute approximate surface area is 137 Å². The van der Waals surface area contributed by atoms with Gasteiger partial charge in [0.1, 0.15) is 5.52 Å².